The van der Waals surface area contributed by atoms with Crippen LogP contribution in [-0.2, 0) is 7.05 Å². The Balaban J connectivity index is 2.63. The first kappa shape index (κ1) is 10.6. The highest BCUT2D eigenvalue weighted by atomic mass is 35.5. The van der Waals surface area contributed by atoms with Gasteiger partial charge in [-0.3, -0.25) is 0 Å². The summed E-state index contributed by atoms with van der Waals surface area (Å²) in [5, 5.41) is 11.3. The van der Waals surface area contributed by atoms with E-state index in [9.17, 15) is 10.1 Å². The number of halogens is 1. The van der Waals surface area contributed by atoms with E-state index in [1.807, 2.05) is 0 Å². The van der Waals surface area contributed by atoms with Crippen LogP contribution in [0.3, 0.4) is 0 Å². The zero-order chi connectivity index (χ0) is 11.7. The van der Waals surface area contributed by atoms with Crippen molar-refractivity contribution in [3.05, 3.63) is 45.7 Å². The smallest absolute Gasteiger partial charge is 0.358 e. The van der Waals surface area contributed by atoms with Gasteiger partial charge in [-0.05, 0) is 22.0 Å². The Bertz CT molecular complexity index is 551. The van der Waals surface area contributed by atoms with Crippen molar-refractivity contribution in [1.82, 2.24) is 9.55 Å². The lowest BCUT2D eigenvalue weighted by atomic mass is 10.1. The Kier molecular flexibility index (Phi) is 2.62. The van der Waals surface area contributed by atoms with Crippen LogP contribution in [0.5, 0.6) is 0 Å². The molecule has 82 valence electrons. The zero-order valence-corrected chi connectivity index (χ0v) is 9.18. The molecule has 1 aromatic carbocycles. The maximum atomic E-state index is 10.8. The summed E-state index contributed by atoms with van der Waals surface area (Å²) in [5.41, 5.74) is 1.13. The summed E-state index contributed by atoms with van der Waals surface area (Å²) in [4.78, 5) is 14.0. The van der Waals surface area contributed by atoms with E-state index in [0.717, 1.165) is 0 Å². The molecule has 0 N–H and O–H groups in total. The first-order chi connectivity index (χ1) is 7.59. The maximum Gasteiger partial charge on any atom is 0.389 e. The van der Waals surface area contributed by atoms with Gasteiger partial charge in [0.05, 0.1) is 0 Å². The molecule has 2 aromatic rings. The Labute approximate surface area is 96.4 Å². The number of imidazole rings is 1. The second-order valence-electron chi connectivity index (χ2n) is 3.30. The van der Waals surface area contributed by atoms with Crippen molar-refractivity contribution in [2.45, 2.75) is 0 Å². The highest BCUT2D eigenvalue weighted by Gasteiger charge is 2.21. The molecular formula is C10H8ClN3O2. The monoisotopic (exact) mass is 237 g/mol. The van der Waals surface area contributed by atoms with Crippen molar-refractivity contribution in [3.63, 3.8) is 0 Å². The molecule has 6 heteroatoms. The lowest BCUT2D eigenvalue weighted by Gasteiger charge is -2.02. The molecule has 0 amide bonds. The maximum absolute atomic E-state index is 10.8. The number of nitro groups is 1. The molecule has 0 aliphatic rings. The van der Waals surface area contributed by atoms with Gasteiger partial charge in [0.2, 0.25) is 6.33 Å². The molecule has 0 atom stereocenters. The number of hydrogen-bond acceptors (Lipinski definition) is 3. The average molecular weight is 238 g/mol. The molecule has 0 saturated heterocycles. The largest absolute Gasteiger partial charge is 0.389 e. The topological polar surface area (TPSA) is 61.0 Å². The third-order valence-electron chi connectivity index (χ3n) is 2.19. The van der Waals surface area contributed by atoms with E-state index in [1.54, 1.807) is 35.9 Å². The first-order valence-electron chi connectivity index (χ1n) is 4.51. The van der Waals surface area contributed by atoms with Gasteiger partial charge in [0.25, 0.3) is 0 Å². The van der Waals surface area contributed by atoms with Gasteiger partial charge in [-0.15, -0.1) is 0 Å². The summed E-state index contributed by atoms with van der Waals surface area (Å²) in [6, 6.07) is 6.89. The summed E-state index contributed by atoms with van der Waals surface area (Å²) in [6.45, 7) is 0. The Morgan fingerprint density at radius 1 is 1.50 bits per heavy atom. The normalized spacial score (nSPS) is 10.4. The number of hydrogen-bond donors (Lipinski definition) is 0. The molecule has 0 fully saturated rings. The van der Waals surface area contributed by atoms with E-state index >= 15 is 0 Å². The number of benzene rings is 1. The van der Waals surface area contributed by atoms with Crippen LogP contribution in [0.2, 0.25) is 5.02 Å². The van der Waals surface area contributed by atoms with Crippen LogP contribution in [0.25, 0.3) is 11.3 Å². The Morgan fingerprint density at radius 2 is 2.25 bits per heavy atom. The summed E-state index contributed by atoms with van der Waals surface area (Å²) >= 11 is 5.85. The van der Waals surface area contributed by atoms with E-state index in [-0.39, 0.29) is 5.82 Å². The van der Waals surface area contributed by atoms with Crippen LogP contribution in [-0.4, -0.2) is 14.5 Å². The van der Waals surface area contributed by atoms with Crippen LogP contribution >= 0.6 is 11.6 Å². The van der Waals surface area contributed by atoms with Crippen LogP contribution in [0.15, 0.2) is 30.6 Å². The third-order valence-corrected chi connectivity index (χ3v) is 2.42. The highest BCUT2D eigenvalue weighted by molar-refractivity contribution is 6.30. The lowest BCUT2D eigenvalue weighted by molar-refractivity contribution is -0.388. The molecule has 0 aliphatic carbocycles. The van der Waals surface area contributed by atoms with E-state index < -0.39 is 4.92 Å². The molecule has 0 spiro atoms. The predicted molar refractivity (Wildman–Crippen MR) is 60.3 cm³/mol. The minimum atomic E-state index is -0.504. The standard InChI is InChI=1S/C10H8ClN3O2/c1-13-6-12-10(14(15)16)9(13)7-3-2-4-8(11)5-7/h2-6H,1H3. The highest BCUT2D eigenvalue weighted by Crippen LogP contribution is 2.29. The molecule has 0 bridgehead atoms. The molecule has 0 aliphatic heterocycles. The van der Waals surface area contributed by atoms with Crippen molar-refractivity contribution < 1.29 is 4.92 Å². The van der Waals surface area contributed by atoms with Crippen molar-refractivity contribution in [3.8, 4) is 11.3 Å². The fourth-order valence-electron chi connectivity index (χ4n) is 1.52. The van der Waals surface area contributed by atoms with Gasteiger partial charge in [0, 0.05) is 17.6 Å². The molecular weight excluding hydrogens is 230 g/mol. The zero-order valence-electron chi connectivity index (χ0n) is 8.42. The third kappa shape index (κ3) is 1.77. The van der Waals surface area contributed by atoms with Gasteiger partial charge in [-0.25, -0.2) is 0 Å². The lowest BCUT2D eigenvalue weighted by Crippen LogP contribution is -1.94. The summed E-state index contributed by atoms with van der Waals surface area (Å²) in [5.74, 6) is -0.162. The van der Waals surface area contributed by atoms with Crippen molar-refractivity contribution >= 4 is 17.4 Å². The van der Waals surface area contributed by atoms with Crippen LogP contribution in [0, 0.1) is 10.1 Å². The molecule has 0 saturated carbocycles. The molecule has 16 heavy (non-hydrogen) atoms. The number of nitrogens with zero attached hydrogens (tertiary/aromatic N) is 3. The fourth-order valence-corrected chi connectivity index (χ4v) is 1.71. The number of aromatic nitrogens is 2. The summed E-state index contributed by atoms with van der Waals surface area (Å²) in [7, 11) is 1.70. The Hall–Kier alpha value is -1.88. The molecule has 1 aromatic heterocycles. The minimum absolute atomic E-state index is 0.162. The van der Waals surface area contributed by atoms with Crippen molar-refractivity contribution in [2.24, 2.45) is 7.05 Å². The summed E-state index contributed by atoms with van der Waals surface area (Å²) in [6.07, 6.45) is 1.41. The van der Waals surface area contributed by atoms with Gasteiger partial charge >= 0.3 is 5.82 Å². The SMILES string of the molecule is Cn1cnc([N+](=O)[O-])c1-c1cccc(Cl)c1. The Morgan fingerprint density at radius 3 is 2.88 bits per heavy atom. The molecule has 2 rings (SSSR count). The number of rotatable bonds is 2. The van der Waals surface area contributed by atoms with E-state index in [0.29, 0.717) is 16.3 Å². The minimum Gasteiger partial charge on any atom is -0.358 e. The van der Waals surface area contributed by atoms with E-state index in [1.165, 1.54) is 6.33 Å². The first-order valence-corrected chi connectivity index (χ1v) is 4.89. The average Bonchev–Trinajstić information content (AvgIpc) is 2.60. The van der Waals surface area contributed by atoms with Gasteiger partial charge < -0.3 is 14.7 Å². The van der Waals surface area contributed by atoms with Gasteiger partial charge in [0.1, 0.15) is 5.69 Å². The molecule has 5 nitrogen and oxygen atoms in total. The molecule has 1 heterocycles. The van der Waals surface area contributed by atoms with E-state index in [4.69, 9.17) is 11.6 Å². The van der Waals surface area contributed by atoms with E-state index in [2.05, 4.69) is 4.98 Å². The predicted octanol–water partition coefficient (Wildman–Crippen LogP) is 2.65. The van der Waals surface area contributed by atoms with Gasteiger partial charge in [-0.1, -0.05) is 23.7 Å². The van der Waals surface area contributed by atoms with Crippen LogP contribution in [0.4, 0.5) is 5.82 Å². The van der Waals surface area contributed by atoms with Crippen LogP contribution < -0.4 is 0 Å². The van der Waals surface area contributed by atoms with Gasteiger partial charge in [-0.2, -0.15) is 0 Å². The fraction of sp³-hybridized carbons (Fsp3) is 0.100. The van der Waals surface area contributed by atoms with Crippen molar-refractivity contribution in [1.29, 1.82) is 0 Å². The summed E-state index contributed by atoms with van der Waals surface area (Å²) < 4.78 is 1.60. The number of aryl methyl sites for hydroxylation is 1. The van der Waals surface area contributed by atoms with Gasteiger partial charge in [0.15, 0.2) is 0 Å². The van der Waals surface area contributed by atoms with Crippen LogP contribution in [0.1, 0.15) is 0 Å². The second kappa shape index (κ2) is 3.94. The second-order valence-corrected chi connectivity index (χ2v) is 3.73. The van der Waals surface area contributed by atoms with Crippen molar-refractivity contribution in [2.75, 3.05) is 0 Å². The molecule has 0 radical (unpaired) electrons. The molecule has 0 unspecified atom stereocenters. The quantitative estimate of drug-likeness (QED) is 0.596.